The first-order valence-corrected chi connectivity index (χ1v) is 28.0. The van der Waals surface area contributed by atoms with Gasteiger partial charge in [-0.1, -0.05) is 190 Å². The molecule has 0 unspecified atom stereocenters. The second-order valence-corrected chi connectivity index (χ2v) is 21.2. The molecule has 14 rings (SSSR count). The van der Waals surface area contributed by atoms with Crippen molar-refractivity contribution in [2.24, 2.45) is 0 Å². The molecule has 0 amide bonds. The van der Waals surface area contributed by atoms with Gasteiger partial charge < -0.3 is 19.0 Å². The Kier molecular flexibility index (Phi) is 15.5. The Morgan fingerprint density at radius 1 is 0.410 bits per heavy atom. The summed E-state index contributed by atoms with van der Waals surface area (Å²) in [6.07, 6.45) is 3.70. The van der Waals surface area contributed by atoms with Crippen molar-refractivity contribution in [3.63, 3.8) is 0 Å². The van der Waals surface area contributed by atoms with Gasteiger partial charge in [-0.25, -0.2) is 0 Å². The molecule has 0 saturated heterocycles. The van der Waals surface area contributed by atoms with Crippen LogP contribution < -0.4 is 0 Å². The molecule has 4 aromatic heterocycles. The summed E-state index contributed by atoms with van der Waals surface area (Å²) in [4.78, 5) is 14.4. The molecular weight excluding hydrogens is 1190 g/mol. The minimum absolute atomic E-state index is 0. The quantitative estimate of drug-likeness (QED) is 0.121. The third-order valence-electron chi connectivity index (χ3n) is 15.3. The van der Waals surface area contributed by atoms with E-state index in [1.54, 1.807) is 0 Å². The predicted octanol–water partition coefficient (Wildman–Crippen LogP) is 20.4. The first kappa shape index (κ1) is 54.0. The standard InChI is InChI=1S/C40H26N2.C37H31N2O.Ir/c1-2-13-29(14-3-1)40-28-31(24-26-42-40)34-18-5-7-20-36(34)38-22-9-8-21-37(38)35-19-6-4-17-33(35)30-15-12-16-32(27-30)39-23-10-11-25-41-39;1-23(2)30-21-26(25-13-6-5-7-14-25)22-31(24(3)4)35(30)39-33-19-10-9-18-32(33)38-37(39)29-17-12-16-28-27-15-8-11-20-34(27)40-36(28)29;/h1-13,15,17-28H;5-16,18-24H,1-4H3;/q-2;-1;+3. The number of aromatic nitrogens is 4. The van der Waals surface area contributed by atoms with E-state index < -0.39 is 0 Å². The molecule has 0 atom stereocenters. The predicted molar refractivity (Wildman–Crippen MR) is 339 cm³/mol. The van der Waals surface area contributed by atoms with Crippen molar-refractivity contribution in [1.82, 2.24) is 19.5 Å². The van der Waals surface area contributed by atoms with Crippen molar-refractivity contribution >= 4 is 33.0 Å². The van der Waals surface area contributed by atoms with Crippen LogP contribution >= 0.6 is 0 Å². The summed E-state index contributed by atoms with van der Waals surface area (Å²) in [5.41, 5.74) is 23.9. The number of nitrogens with zero attached hydrogens (tertiary/aromatic N) is 4. The monoisotopic (exact) mass is 1250 g/mol. The van der Waals surface area contributed by atoms with Gasteiger partial charge in [-0.2, -0.15) is 0 Å². The molecule has 0 aliphatic heterocycles. The Morgan fingerprint density at radius 3 is 1.66 bits per heavy atom. The number of pyridine rings is 2. The smallest absolute Gasteiger partial charge is 0.501 e. The first-order chi connectivity index (χ1) is 40.4. The largest absolute Gasteiger partial charge is 3.00 e. The van der Waals surface area contributed by atoms with Gasteiger partial charge >= 0.3 is 20.1 Å². The second kappa shape index (κ2) is 23.9. The molecule has 0 aliphatic rings. The van der Waals surface area contributed by atoms with Crippen LogP contribution in [0.4, 0.5) is 0 Å². The number of furan rings is 1. The SMILES string of the molecule is CC(C)c1cc(-c2ccccc2)cc(C(C)C)c1-n1c(-c2[c-]ccc3c2oc2ccccc23)nc2ccccc21.[Ir+3].[c-]1ccccc1-c1cc(-c2ccccc2-c2ccccc2-c2ccccc2-c2cc[c-]c(-c3ccccn3)c2)ccn1. The maximum absolute atomic E-state index is 6.47. The van der Waals surface area contributed by atoms with Crippen molar-refractivity contribution < 1.29 is 24.5 Å². The maximum Gasteiger partial charge on any atom is 3.00 e. The minimum atomic E-state index is 0. The average molecular weight is 1250 g/mol. The number of hydrogen-bond donors (Lipinski definition) is 0. The van der Waals surface area contributed by atoms with Crippen molar-refractivity contribution in [2.45, 2.75) is 39.5 Å². The van der Waals surface area contributed by atoms with Crippen molar-refractivity contribution in [2.75, 3.05) is 0 Å². The van der Waals surface area contributed by atoms with Crippen molar-refractivity contribution in [1.29, 1.82) is 0 Å². The second-order valence-electron chi connectivity index (χ2n) is 21.2. The third kappa shape index (κ3) is 10.7. The van der Waals surface area contributed by atoms with Crippen LogP contribution in [0.15, 0.2) is 266 Å². The Morgan fingerprint density at radius 2 is 0.988 bits per heavy atom. The molecule has 400 valence electrons. The van der Waals surface area contributed by atoms with Gasteiger partial charge in [0.1, 0.15) is 5.58 Å². The summed E-state index contributed by atoms with van der Waals surface area (Å²) < 4.78 is 8.83. The van der Waals surface area contributed by atoms with Crippen LogP contribution in [-0.4, -0.2) is 19.5 Å². The molecule has 83 heavy (non-hydrogen) atoms. The van der Waals surface area contributed by atoms with Crippen LogP contribution in [0.5, 0.6) is 0 Å². The molecule has 0 radical (unpaired) electrons. The van der Waals surface area contributed by atoms with Gasteiger partial charge in [0, 0.05) is 23.5 Å². The number of benzene rings is 10. The van der Waals surface area contributed by atoms with E-state index in [1.165, 1.54) is 55.8 Å². The van der Waals surface area contributed by atoms with Gasteiger partial charge in [-0.15, -0.1) is 89.5 Å². The zero-order valence-corrected chi connectivity index (χ0v) is 48.9. The molecule has 0 aliphatic carbocycles. The van der Waals surface area contributed by atoms with Gasteiger partial charge in [0.2, 0.25) is 0 Å². The summed E-state index contributed by atoms with van der Waals surface area (Å²) in [6.45, 7) is 9.12. The molecule has 4 heterocycles. The molecule has 0 fully saturated rings. The number of para-hydroxylation sites is 3. The van der Waals surface area contributed by atoms with Crippen LogP contribution in [0.3, 0.4) is 0 Å². The molecule has 0 spiro atoms. The van der Waals surface area contributed by atoms with Crippen LogP contribution in [0.25, 0.3) is 128 Å². The van der Waals surface area contributed by atoms with Gasteiger partial charge in [0.25, 0.3) is 0 Å². The average Bonchev–Trinajstić information content (AvgIpc) is 2.60. The Bertz CT molecular complexity index is 4410. The van der Waals surface area contributed by atoms with Gasteiger partial charge in [-0.3, -0.25) is 4.98 Å². The fourth-order valence-electron chi connectivity index (χ4n) is 11.4. The van der Waals surface area contributed by atoms with E-state index in [9.17, 15) is 0 Å². The van der Waals surface area contributed by atoms with E-state index in [-0.39, 0.29) is 20.1 Å². The number of imidazole rings is 1. The molecule has 14 aromatic rings. The maximum atomic E-state index is 6.47. The molecule has 10 aromatic carbocycles. The van der Waals surface area contributed by atoms with E-state index in [0.717, 1.165) is 83.6 Å². The van der Waals surface area contributed by atoms with Gasteiger partial charge in [0.15, 0.2) is 0 Å². The van der Waals surface area contributed by atoms with Crippen LogP contribution in [-0.2, 0) is 20.1 Å². The fraction of sp³-hybridized carbons (Fsp3) is 0.0779. The van der Waals surface area contributed by atoms with E-state index >= 15 is 0 Å². The molecule has 6 heteroatoms. The number of hydrogen-bond acceptors (Lipinski definition) is 4. The zero-order chi connectivity index (χ0) is 55.5. The van der Waals surface area contributed by atoms with Crippen LogP contribution in [0, 0.1) is 18.2 Å². The fourth-order valence-corrected chi connectivity index (χ4v) is 11.4. The Hall–Kier alpha value is -9.58. The third-order valence-corrected chi connectivity index (χ3v) is 15.3. The molecule has 5 nitrogen and oxygen atoms in total. The van der Waals surface area contributed by atoms with Crippen LogP contribution in [0.2, 0.25) is 0 Å². The summed E-state index contributed by atoms with van der Waals surface area (Å²) in [6, 6.07) is 96.7. The number of rotatable bonds is 11. The van der Waals surface area contributed by atoms with Gasteiger partial charge in [0.05, 0.1) is 22.4 Å². The molecule has 0 bridgehead atoms. The van der Waals surface area contributed by atoms with E-state index in [2.05, 4.69) is 242 Å². The Labute approximate surface area is 499 Å². The Balaban J connectivity index is 0.000000162. The minimum Gasteiger partial charge on any atom is -0.501 e. The van der Waals surface area contributed by atoms with Crippen molar-refractivity contribution in [3.8, 4) is 95.2 Å². The summed E-state index contributed by atoms with van der Waals surface area (Å²) in [5.74, 6) is 1.45. The zero-order valence-electron chi connectivity index (χ0n) is 46.5. The van der Waals surface area contributed by atoms with Crippen LogP contribution in [0.1, 0.15) is 50.7 Å². The van der Waals surface area contributed by atoms with Crippen molar-refractivity contribution in [3.05, 3.63) is 290 Å². The summed E-state index contributed by atoms with van der Waals surface area (Å²) in [5, 5.41) is 2.18. The van der Waals surface area contributed by atoms with E-state index in [0.29, 0.717) is 11.8 Å². The van der Waals surface area contributed by atoms with Gasteiger partial charge in [-0.05, 0) is 127 Å². The normalized spacial score (nSPS) is 11.3. The molecular formula is C77H57IrN4O. The van der Waals surface area contributed by atoms with E-state index in [4.69, 9.17) is 9.40 Å². The first-order valence-electron chi connectivity index (χ1n) is 28.0. The molecule has 0 N–H and O–H groups in total. The topological polar surface area (TPSA) is 56.7 Å². The summed E-state index contributed by atoms with van der Waals surface area (Å²) >= 11 is 0. The summed E-state index contributed by atoms with van der Waals surface area (Å²) in [7, 11) is 0. The van der Waals surface area contributed by atoms with E-state index in [1.807, 2.05) is 79.1 Å². The number of fused-ring (bicyclic) bond motifs is 4. The molecule has 0 saturated carbocycles.